The molecular formula is C39H40Cl2Hf. The number of fused-ring (bicyclic) bond motifs is 2. The molecule has 0 aliphatic heterocycles. The molecule has 0 amide bonds. The van der Waals surface area contributed by atoms with Crippen molar-refractivity contribution in [2.75, 3.05) is 0 Å². The zero-order valence-corrected chi connectivity index (χ0v) is 30.6. The molecule has 0 radical (unpaired) electrons. The van der Waals surface area contributed by atoms with Gasteiger partial charge in [-0.05, 0) is 0 Å². The second kappa shape index (κ2) is 13.5. The molecule has 6 rings (SSSR count). The van der Waals surface area contributed by atoms with Gasteiger partial charge in [0.05, 0.1) is 0 Å². The van der Waals surface area contributed by atoms with Crippen LogP contribution in [0, 0.1) is 0 Å². The molecule has 2 aliphatic carbocycles. The molecule has 42 heavy (non-hydrogen) atoms. The van der Waals surface area contributed by atoms with Gasteiger partial charge in [-0.3, -0.25) is 0 Å². The molecule has 0 bridgehead atoms. The van der Waals surface area contributed by atoms with Crippen molar-refractivity contribution >= 4 is 15.4 Å². The third-order valence-electron chi connectivity index (χ3n) is 8.88. The normalized spacial score (nSPS) is 16.0. The van der Waals surface area contributed by atoms with Crippen LogP contribution in [-0.2, 0) is 21.0 Å². The van der Waals surface area contributed by atoms with Crippen LogP contribution in [0.1, 0.15) is 94.1 Å². The van der Waals surface area contributed by atoms with Crippen molar-refractivity contribution in [3.63, 3.8) is 0 Å². The van der Waals surface area contributed by atoms with Crippen molar-refractivity contribution in [1.82, 2.24) is 0 Å². The number of allylic oxidation sites excluding steroid dienone is 2. The molecule has 0 aromatic heterocycles. The van der Waals surface area contributed by atoms with E-state index in [9.17, 15) is 0 Å². The van der Waals surface area contributed by atoms with Gasteiger partial charge in [0.25, 0.3) is 0 Å². The molecule has 4 aromatic carbocycles. The Balaban J connectivity index is 0.00000202. The van der Waals surface area contributed by atoms with Crippen LogP contribution in [-0.4, -0.2) is 3.26 Å². The molecule has 0 N–H and O–H groups in total. The van der Waals surface area contributed by atoms with Crippen molar-refractivity contribution < 1.29 is 45.8 Å². The van der Waals surface area contributed by atoms with Gasteiger partial charge in [0.1, 0.15) is 0 Å². The summed E-state index contributed by atoms with van der Waals surface area (Å²) in [6.07, 6.45) is 10.00. The zero-order chi connectivity index (χ0) is 28.0. The van der Waals surface area contributed by atoms with E-state index < -0.39 is 21.0 Å². The third-order valence-corrected chi connectivity index (χ3v) is 21.5. The Morgan fingerprint density at radius 1 is 0.548 bits per heavy atom. The van der Waals surface area contributed by atoms with Gasteiger partial charge in [-0.1, -0.05) is 0 Å². The Morgan fingerprint density at radius 2 is 0.929 bits per heavy atom. The minimum absolute atomic E-state index is 0. The third kappa shape index (κ3) is 6.03. The molecule has 4 aromatic rings. The van der Waals surface area contributed by atoms with E-state index in [1.807, 2.05) is 0 Å². The van der Waals surface area contributed by atoms with Crippen molar-refractivity contribution in [3.05, 3.63) is 130 Å². The Bertz CT molecular complexity index is 1530. The first-order valence-electron chi connectivity index (χ1n) is 14.8. The van der Waals surface area contributed by atoms with Gasteiger partial charge < -0.3 is 24.8 Å². The summed E-state index contributed by atoms with van der Waals surface area (Å²) in [5.41, 5.74) is 14.2. The Labute approximate surface area is 272 Å². The van der Waals surface area contributed by atoms with Crippen LogP contribution >= 0.6 is 0 Å². The van der Waals surface area contributed by atoms with Crippen LogP contribution in [0.3, 0.4) is 0 Å². The first kappa shape index (κ1) is 32.6. The predicted octanol–water partition coefficient (Wildman–Crippen LogP) is 4.94. The summed E-state index contributed by atoms with van der Waals surface area (Å²) in [6.45, 7) is 13.9. The van der Waals surface area contributed by atoms with Gasteiger partial charge in [-0.15, -0.1) is 0 Å². The molecule has 3 heteroatoms. The van der Waals surface area contributed by atoms with E-state index in [-0.39, 0.29) is 24.8 Å². The van der Waals surface area contributed by atoms with Crippen molar-refractivity contribution in [2.45, 2.75) is 60.7 Å². The predicted molar refractivity (Wildman–Crippen MR) is 172 cm³/mol. The molecular weight excluding hydrogens is 718 g/mol. The van der Waals surface area contributed by atoms with E-state index in [1.165, 1.54) is 44.5 Å². The number of hydrogen-bond acceptors (Lipinski definition) is 0. The van der Waals surface area contributed by atoms with Crippen LogP contribution < -0.4 is 24.8 Å². The van der Waals surface area contributed by atoms with Crippen LogP contribution in [0.4, 0.5) is 0 Å². The van der Waals surface area contributed by atoms with Crippen LogP contribution in [0.15, 0.2) is 97.1 Å². The summed E-state index contributed by atoms with van der Waals surface area (Å²) < 4.78 is 2.86. The van der Waals surface area contributed by atoms with E-state index in [2.05, 4.69) is 151 Å². The summed E-state index contributed by atoms with van der Waals surface area (Å²) in [5, 5.41) is 0. The van der Waals surface area contributed by atoms with Crippen molar-refractivity contribution in [1.29, 1.82) is 0 Å². The largest absolute Gasteiger partial charge is 1.00 e. The standard InChI is InChI=1S/2C18H17.C3H6.2ClH.Hf/c2*1-13(2)14-9-11-16(12-10-14)18-8-4-6-15-5-3-7-17(15)18;1-3-2;;;/h2*3-13H,1-2H3;1-2H3;2*1H;/q;;;;;+2/p-2. The summed E-state index contributed by atoms with van der Waals surface area (Å²) in [7, 11) is 0. The molecule has 0 heterocycles. The fourth-order valence-electron chi connectivity index (χ4n) is 6.63. The van der Waals surface area contributed by atoms with Gasteiger partial charge in [0.2, 0.25) is 0 Å². The van der Waals surface area contributed by atoms with Gasteiger partial charge in [0, 0.05) is 0 Å². The maximum Gasteiger partial charge on any atom is -1.00 e. The molecule has 214 valence electrons. The first-order valence-corrected chi connectivity index (χ1v) is 20.8. The molecule has 0 saturated heterocycles. The Morgan fingerprint density at radius 3 is 1.26 bits per heavy atom. The Hall–Kier alpha value is -2.32. The Kier molecular flexibility index (Phi) is 10.5. The van der Waals surface area contributed by atoms with Gasteiger partial charge in [0.15, 0.2) is 0 Å². The SMILES string of the molecule is C[C](C)=[Hf+2]([CH]1C=Cc2c(-c3ccc(C(C)C)cc3)cccc21)[CH]1C=Cc2c(-c3ccc(C(C)C)cc3)cccc21.[Cl-].[Cl-]. The number of hydrogen-bond donors (Lipinski definition) is 0. The minimum atomic E-state index is -2.39. The van der Waals surface area contributed by atoms with Crippen LogP contribution in [0.5, 0.6) is 0 Å². The van der Waals surface area contributed by atoms with E-state index in [4.69, 9.17) is 0 Å². The minimum Gasteiger partial charge on any atom is -1.00 e. The quantitative estimate of drug-likeness (QED) is 0.245. The maximum absolute atomic E-state index is 2.56. The second-order valence-corrected chi connectivity index (χ2v) is 23.6. The van der Waals surface area contributed by atoms with Gasteiger partial charge in [-0.2, -0.15) is 0 Å². The van der Waals surface area contributed by atoms with Gasteiger partial charge in [-0.25, -0.2) is 0 Å². The molecule has 2 aliphatic rings. The van der Waals surface area contributed by atoms with Crippen molar-refractivity contribution in [2.24, 2.45) is 0 Å². The first-order chi connectivity index (χ1) is 19.3. The number of rotatable bonds is 6. The molecule has 2 atom stereocenters. The molecule has 0 nitrogen and oxygen atoms in total. The average molecular weight is 758 g/mol. The fourth-order valence-corrected chi connectivity index (χ4v) is 18.9. The second-order valence-electron chi connectivity index (χ2n) is 12.3. The van der Waals surface area contributed by atoms with Crippen LogP contribution in [0.2, 0.25) is 0 Å². The smallest absolute Gasteiger partial charge is 1.00 e. The maximum atomic E-state index is 2.56. The van der Waals surface area contributed by atoms with Gasteiger partial charge >= 0.3 is 250 Å². The van der Waals surface area contributed by atoms with E-state index in [1.54, 1.807) is 14.4 Å². The fraction of sp³-hybridized carbons (Fsp3) is 0.256. The summed E-state index contributed by atoms with van der Waals surface area (Å²) in [5.74, 6) is 1.11. The topological polar surface area (TPSA) is 0 Å². The molecule has 0 saturated carbocycles. The van der Waals surface area contributed by atoms with E-state index >= 15 is 0 Å². The van der Waals surface area contributed by atoms with Crippen molar-refractivity contribution in [3.8, 4) is 22.3 Å². The number of benzene rings is 4. The molecule has 0 fully saturated rings. The van der Waals surface area contributed by atoms with Crippen LogP contribution in [0.25, 0.3) is 34.4 Å². The zero-order valence-electron chi connectivity index (χ0n) is 25.5. The molecule has 2 unspecified atom stereocenters. The molecule has 0 spiro atoms. The van der Waals surface area contributed by atoms with E-state index in [0.29, 0.717) is 19.2 Å². The summed E-state index contributed by atoms with van der Waals surface area (Å²) in [6, 6.07) is 32.5. The summed E-state index contributed by atoms with van der Waals surface area (Å²) >= 11 is -2.39. The summed E-state index contributed by atoms with van der Waals surface area (Å²) in [4.78, 5) is 0. The van der Waals surface area contributed by atoms with E-state index in [0.717, 1.165) is 0 Å². The number of halogens is 2. The average Bonchev–Trinajstić information content (AvgIpc) is 3.58. The monoisotopic (exact) mass is 758 g/mol.